The lowest BCUT2D eigenvalue weighted by molar-refractivity contribution is 0.121. The Morgan fingerprint density at radius 1 is 1.44 bits per heavy atom. The molecule has 1 saturated heterocycles. The van der Waals surface area contributed by atoms with Gasteiger partial charge in [-0.2, -0.15) is 0 Å². The first-order chi connectivity index (χ1) is 8.66. The molecule has 1 aromatic rings. The number of benzene rings is 1. The van der Waals surface area contributed by atoms with E-state index in [0.717, 1.165) is 31.5 Å². The van der Waals surface area contributed by atoms with Crippen LogP contribution >= 0.6 is 0 Å². The molecule has 0 aliphatic carbocycles. The van der Waals surface area contributed by atoms with Crippen molar-refractivity contribution in [3.8, 4) is 5.75 Å². The van der Waals surface area contributed by atoms with Gasteiger partial charge in [-0.05, 0) is 57.0 Å². The molecular formula is C14H20FNO2. The second-order valence-electron chi connectivity index (χ2n) is 4.87. The summed E-state index contributed by atoms with van der Waals surface area (Å²) in [5, 5.41) is 12.6. The van der Waals surface area contributed by atoms with Gasteiger partial charge in [0.15, 0.2) is 0 Å². The maximum Gasteiger partial charge on any atom is 0.123 e. The lowest BCUT2D eigenvalue weighted by atomic mass is 9.89. The Morgan fingerprint density at radius 3 is 2.83 bits per heavy atom. The monoisotopic (exact) mass is 253 g/mol. The topological polar surface area (TPSA) is 41.5 Å². The highest BCUT2D eigenvalue weighted by Gasteiger charge is 2.20. The number of halogens is 1. The highest BCUT2D eigenvalue weighted by Crippen LogP contribution is 2.33. The number of aliphatic hydroxyl groups is 1. The quantitative estimate of drug-likeness (QED) is 0.863. The largest absolute Gasteiger partial charge is 0.491 e. The maximum absolute atomic E-state index is 13.4. The van der Waals surface area contributed by atoms with Crippen LogP contribution in [0, 0.1) is 5.82 Å². The van der Waals surface area contributed by atoms with Gasteiger partial charge in [-0.3, -0.25) is 0 Å². The number of nitrogens with one attached hydrogen (secondary N) is 1. The van der Waals surface area contributed by atoms with Gasteiger partial charge in [0.05, 0.1) is 6.10 Å². The average Bonchev–Trinajstić information content (AvgIpc) is 2.38. The van der Waals surface area contributed by atoms with Crippen LogP contribution in [0.2, 0.25) is 0 Å². The lowest BCUT2D eigenvalue weighted by Crippen LogP contribution is -2.27. The highest BCUT2D eigenvalue weighted by molar-refractivity contribution is 5.37. The zero-order valence-corrected chi connectivity index (χ0v) is 10.7. The molecule has 0 bridgehead atoms. The molecule has 3 nitrogen and oxygen atoms in total. The Labute approximate surface area is 107 Å². The Bertz CT molecular complexity index is 389. The van der Waals surface area contributed by atoms with Crippen LogP contribution in [-0.2, 0) is 0 Å². The van der Waals surface area contributed by atoms with Crippen LogP contribution in [0.4, 0.5) is 4.39 Å². The van der Waals surface area contributed by atoms with Crippen LogP contribution in [0.3, 0.4) is 0 Å². The first kappa shape index (κ1) is 13.3. The Morgan fingerprint density at radius 2 is 2.17 bits per heavy atom. The van der Waals surface area contributed by atoms with E-state index < -0.39 is 6.10 Å². The summed E-state index contributed by atoms with van der Waals surface area (Å²) in [6.07, 6.45) is 1.47. The van der Waals surface area contributed by atoms with Crippen LogP contribution < -0.4 is 10.1 Å². The van der Waals surface area contributed by atoms with Crippen LogP contribution in [0.15, 0.2) is 18.2 Å². The van der Waals surface area contributed by atoms with Gasteiger partial charge in [-0.15, -0.1) is 0 Å². The van der Waals surface area contributed by atoms with Crippen molar-refractivity contribution in [1.29, 1.82) is 0 Å². The molecule has 18 heavy (non-hydrogen) atoms. The zero-order chi connectivity index (χ0) is 13.0. The molecular weight excluding hydrogens is 233 g/mol. The molecule has 2 rings (SSSR count). The van der Waals surface area contributed by atoms with Crippen LogP contribution in [0.1, 0.15) is 31.2 Å². The molecule has 0 spiro atoms. The second-order valence-corrected chi connectivity index (χ2v) is 4.87. The van der Waals surface area contributed by atoms with E-state index in [0.29, 0.717) is 11.7 Å². The molecule has 1 aliphatic rings. The smallest absolute Gasteiger partial charge is 0.123 e. The number of ether oxygens (including phenoxy) is 1. The number of rotatable bonds is 4. The van der Waals surface area contributed by atoms with Crippen molar-refractivity contribution in [3.05, 3.63) is 29.6 Å². The van der Waals surface area contributed by atoms with Crippen molar-refractivity contribution in [2.45, 2.75) is 31.8 Å². The zero-order valence-electron chi connectivity index (χ0n) is 10.7. The van der Waals surface area contributed by atoms with E-state index in [9.17, 15) is 9.50 Å². The van der Waals surface area contributed by atoms with Crippen molar-refractivity contribution in [3.63, 3.8) is 0 Å². The van der Waals surface area contributed by atoms with Crippen molar-refractivity contribution in [1.82, 2.24) is 5.32 Å². The molecule has 1 atom stereocenters. The van der Waals surface area contributed by atoms with Gasteiger partial charge in [0.1, 0.15) is 18.2 Å². The van der Waals surface area contributed by atoms with Crippen molar-refractivity contribution >= 4 is 0 Å². The van der Waals surface area contributed by atoms with Crippen LogP contribution in [0.25, 0.3) is 0 Å². The molecule has 0 radical (unpaired) electrons. The molecule has 2 N–H and O–H groups in total. The van der Waals surface area contributed by atoms with E-state index in [4.69, 9.17) is 4.74 Å². The molecule has 1 aromatic carbocycles. The van der Waals surface area contributed by atoms with E-state index in [1.165, 1.54) is 6.07 Å². The second kappa shape index (κ2) is 6.16. The van der Waals surface area contributed by atoms with Gasteiger partial charge in [-0.1, -0.05) is 0 Å². The van der Waals surface area contributed by atoms with Crippen molar-refractivity contribution in [2.24, 2.45) is 0 Å². The van der Waals surface area contributed by atoms with Gasteiger partial charge >= 0.3 is 0 Å². The minimum atomic E-state index is -0.518. The standard InChI is InChI=1S/C14H20FNO2/c1-10(17)9-18-14-3-2-12(15)8-13(14)11-4-6-16-7-5-11/h2-3,8,10-11,16-17H,4-7,9H2,1H3. The molecule has 1 unspecified atom stereocenters. The predicted molar refractivity (Wildman–Crippen MR) is 68.4 cm³/mol. The van der Waals surface area contributed by atoms with E-state index >= 15 is 0 Å². The fraction of sp³-hybridized carbons (Fsp3) is 0.571. The van der Waals surface area contributed by atoms with Gasteiger partial charge in [0.25, 0.3) is 0 Å². The Hall–Kier alpha value is -1.13. The lowest BCUT2D eigenvalue weighted by Gasteiger charge is -2.25. The third-order valence-corrected chi connectivity index (χ3v) is 3.23. The summed E-state index contributed by atoms with van der Waals surface area (Å²) < 4.78 is 19.0. The summed E-state index contributed by atoms with van der Waals surface area (Å²) in [7, 11) is 0. The van der Waals surface area contributed by atoms with Crippen LogP contribution in [0.5, 0.6) is 5.75 Å². The van der Waals surface area contributed by atoms with E-state index in [2.05, 4.69) is 5.32 Å². The van der Waals surface area contributed by atoms with E-state index in [-0.39, 0.29) is 12.4 Å². The maximum atomic E-state index is 13.4. The summed E-state index contributed by atoms with van der Waals surface area (Å²) in [5.74, 6) is 0.808. The number of hydrogen-bond donors (Lipinski definition) is 2. The molecule has 0 saturated carbocycles. The van der Waals surface area contributed by atoms with E-state index in [1.807, 2.05) is 0 Å². The fourth-order valence-electron chi connectivity index (χ4n) is 2.31. The van der Waals surface area contributed by atoms with Crippen LogP contribution in [-0.4, -0.2) is 30.9 Å². The summed E-state index contributed by atoms with van der Waals surface area (Å²) in [5.41, 5.74) is 0.928. The van der Waals surface area contributed by atoms with Crippen molar-refractivity contribution in [2.75, 3.05) is 19.7 Å². The minimum absolute atomic E-state index is 0.229. The predicted octanol–water partition coefficient (Wildman–Crippen LogP) is 2.05. The van der Waals surface area contributed by atoms with Crippen molar-refractivity contribution < 1.29 is 14.2 Å². The first-order valence-corrected chi connectivity index (χ1v) is 6.48. The Balaban J connectivity index is 2.16. The third kappa shape index (κ3) is 3.43. The van der Waals surface area contributed by atoms with E-state index in [1.54, 1.807) is 19.1 Å². The highest BCUT2D eigenvalue weighted by atomic mass is 19.1. The van der Waals surface area contributed by atoms with Gasteiger partial charge in [0, 0.05) is 5.56 Å². The number of aliphatic hydroxyl groups excluding tert-OH is 1. The third-order valence-electron chi connectivity index (χ3n) is 3.23. The molecule has 100 valence electrons. The first-order valence-electron chi connectivity index (χ1n) is 6.48. The molecule has 0 aromatic heterocycles. The Kier molecular flexibility index (Phi) is 4.55. The summed E-state index contributed by atoms with van der Waals surface area (Å²) >= 11 is 0. The van der Waals surface area contributed by atoms with Gasteiger partial charge in [-0.25, -0.2) is 4.39 Å². The minimum Gasteiger partial charge on any atom is -0.491 e. The SMILES string of the molecule is CC(O)COc1ccc(F)cc1C1CCNCC1. The number of hydrogen-bond acceptors (Lipinski definition) is 3. The average molecular weight is 253 g/mol. The summed E-state index contributed by atoms with van der Waals surface area (Å²) in [6.45, 7) is 3.82. The normalized spacial score (nSPS) is 18.6. The summed E-state index contributed by atoms with van der Waals surface area (Å²) in [4.78, 5) is 0. The molecule has 0 amide bonds. The fourth-order valence-corrected chi connectivity index (χ4v) is 2.31. The number of piperidine rings is 1. The molecule has 1 fully saturated rings. The molecule has 1 aliphatic heterocycles. The molecule has 4 heteroatoms. The molecule has 1 heterocycles. The van der Waals surface area contributed by atoms with Gasteiger partial charge in [0.2, 0.25) is 0 Å². The summed E-state index contributed by atoms with van der Waals surface area (Å²) in [6, 6.07) is 4.63. The van der Waals surface area contributed by atoms with Gasteiger partial charge < -0.3 is 15.2 Å².